The highest BCUT2D eigenvalue weighted by molar-refractivity contribution is 5.41. The van der Waals surface area contributed by atoms with E-state index < -0.39 is 6.10 Å². The first-order chi connectivity index (χ1) is 10.0. The molecule has 112 valence electrons. The predicted molar refractivity (Wildman–Crippen MR) is 83.8 cm³/mol. The molecule has 21 heavy (non-hydrogen) atoms. The van der Waals surface area contributed by atoms with Gasteiger partial charge in [0.05, 0.1) is 0 Å². The fraction of sp³-hybridized carbons (Fsp3) is 0.294. The van der Waals surface area contributed by atoms with Gasteiger partial charge in [-0.05, 0) is 61.4 Å². The number of hydrogen-bond acceptors (Lipinski definition) is 4. The van der Waals surface area contributed by atoms with E-state index in [1.807, 2.05) is 26.0 Å². The Labute approximate surface area is 125 Å². The summed E-state index contributed by atoms with van der Waals surface area (Å²) in [7, 11) is 0. The van der Waals surface area contributed by atoms with Gasteiger partial charge in [-0.2, -0.15) is 0 Å². The maximum absolute atomic E-state index is 9.89. The van der Waals surface area contributed by atoms with Gasteiger partial charge in [0.25, 0.3) is 0 Å². The van der Waals surface area contributed by atoms with Crippen molar-refractivity contribution >= 4 is 5.69 Å². The lowest BCUT2D eigenvalue weighted by Gasteiger charge is -2.14. The molecule has 2 rings (SSSR count). The quantitative estimate of drug-likeness (QED) is 0.802. The van der Waals surface area contributed by atoms with Crippen LogP contribution in [0, 0.1) is 13.8 Å². The highest BCUT2D eigenvalue weighted by Crippen LogP contribution is 2.17. The van der Waals surface area contributed by atoms with E-state index >= 15 is 0 Å². The Morgan fingerprint density at radius 1 is 0.905 bits per heavy atom. The lowest BCUT2D eigenvalue weighted by molar-refractivity contribution is 0.0626. The van der Waals surface area contributed by atoms with Gasteiger partial charge in [0, 0.05) is 5.69 Å². The van der Waals surface area contributed by atoms with Crippen molar-refractivity contribution < 1.29 is 14.6 Å². The molecule has 2 aromatic rings. The molecule has 0 aromatic heterocycles. The molecule has 1 atom stereocenters. The molecule has 0 heterocycles. The molecule has 0 bridgehead atoms. The zero-order chi connectivity index (χ0) is 15.2. The van der Waals surface area contributed by atoms with E-state index in [4.69, 9.17) is 15.2 Å². The second-order valence-corrected chi connectivity index (χ2v) is 5.17. The van der Waals surface area contributed by atoms with Crippen molar-refractivity contribution in [3.05, 3.63) is 53.6 Å². The van der Waals surface area contributed by atoms with Crippen LogP contribution in [0.5, 0.6) is 11.5 Å². The van der Waals surface area contributed by atoms with E-state index in [1.165, 1.54) is 0 Å². The maximum Gasteiger partial charge on any atom is 0.122 e. The third kappa shape index (κ3) is 5.00. The Balaban J connectivity index is 1.79. The molecule has 4 heteroatoms. The fourth-order valence-electron chi connectivity index (χ4n) is 2.01. The summed E-state index contributed by atoms with van der Waals surface area (Å²) in [6, 6.07) is 13.0. The summed E-state index contributed by atoms with van der Waals surface area (Å²) in [5.41, 5.74) is 8.55. The molecule has 0 amide bonds. The zero-order valence-corrected chi connectivity index (χ0v) is 12.4. The first-order valence-electron chi connectivity index (χ1n) is 6.90. The van der Waals surface area contributed by atoms with Gasteiger partial charge in [-0.3, -0.25) is 0 Å². The Kier molecular flexibility index (Phi) is 5.06. The van der Waals surface area contributed by atoms with E-state index in [-0.39, 0.29) is 13.2 Å². The molecule has 0 radical (unpaired) electrons. The molecule has 0 aliphatic carbocycles. The van der Waals surface area contributed by atoms with Gasteiger partial charge in [-0.15, -0.1) is 0 Å². The number of nitrogens with two attached hydrogens (primary N) is 1. The van der Waals surface area contributed by atoms with Crippen LogP contribution in [-0.4, -0.2) is 24.4 Å². The Bertz CT molecular complexity index is 561. The second kappa shape index (κ2) is 6.99. The molecule has 0 spiro atoms. The van der Waals surface area contributed by atoms with E-state index in [9.17, 15) is 5.11 Å². The van der Waals surface area contributed by atoms with E-state index in [0.29, 0.717) is 11.4 Å². The van der Waals surface area contributed by atoms with Crippen molar-refractivity contribution in [2.45, 2.75) is 20.0 Å². The molecule has 0 aliphatic rings. The first-order valence-corrected chi connectivity index (χ1v) is 6.90. The minimum atomic E-state index is -0.691. The van der Waals surface area contributed by atoms with E-state index in [2.05, 4.69) is 6.07 Å². The Morgan fingerprint density at radius 3 is 2.00 bits per heavy atom. The molecule has 1 unspecified atom stereocenters. The number of benzene rings is 2. The maximum atomic E-state index is 9.89. The average molecular weight is 287 g/mol. The van der Waals surface area contributed by atoms with E-state index in [1.54, 1.807) is 24.3 Å². The average Bonchev–Trinajstić information content (AvgIpc) is 2.43. The number of aryl methyl sites for hydroxylation is 2. The highest BCUT2D eigenvalue weighted by atomic mass is 16.5. The van der Waals surface area contributed by atoms with Crippen LogP contribution in [0.25, 0.3) is 0 Å². The van der Waals surface area contributed by atoms with Crippen LogP contribution in [0.1, 0.15) is 11.1 Å². The van der Waals surface area contributed by atoms with Gasteiger partial charge < -0.3 is 20.3 Å². The second-order valence-electron chi connectivity index (χ2n) is 5.17. The molecular weight excluding hydrogens is 266 g/mol. The molecule has 4 nitrogen and oxygen atoms in total. The van der Waals surface area contributed by atoms with Crippen molar-refractivity contribution in [2.24, 2.45) is 0 Å². The van der Waals surface area contributed by atoms with Crippen molar-refractivity contribution in [2.75, 3.05) is 18.9 Å². The Hall–Kier alpha value is -2.20. The topological polar surface area (TPSA) is 64.7 Å². The third-order valence-corrected chi connectivity index (χ3v) is 2.96. The van der Waals surface area contributed by atoms with Gasteiger partial charge in [0.2, 0.25) is 0 Å². The summed E-state index contributed by atoms with van der Waals surface area (Å²) >= 11 is 0. The number of aliphatic hydroxyl groups excluding tert-OH is 1. The predicted octanol–water partition coefficient (Wildman–Crippen LogP) is 2.70. The number of aliphatic hydroxyl groups is 1. The molecular formula is C17H21NO3. The van der Waals surface area contributed by atoms with Crippen LogP contribution in [0.4, 0.5) is 5.69 Å². The van der Waals surface area contributed by atoms with Crippen LogP contribution < -0.4 is 15.2 Å². The molecule has 3 N–H and O–H groups in total. The van der Waals surface area contributed by atoms with Crippen LogP contribution >= 0.6 is 0 Å². The molecule has 2 aromatic carbocycles. The smallest absolute Gasteiger partial charge is 0.122 e. The van der Waals surface area contributed by atoms with Crippen molar-refractivity contribution in [1.29, 1.82) is 0 Å². The van der Waals surface area contributed by atoms with Crippen LogP contribution in [-0.2, 0) is 0 Å². The summed E-state index contributed by atoms with van der Waals surface area (Å²) in [6.07, 6.45) is -0.691. The normalized spacial score (nSPS) is 12.0. The molecule has 0 fully saturated rings. The van der Waals surface area contributed by atoms with Crippen LogP contribution in [0.2, 0.25) is 0 Å². The minimum Gasteiger partial charge on any atom is -0.491 e. The van der Waals surface area contributed by atoms with Crippen molar-refractivity contribution in [3.8, 4) is 11.5 Å². The number of ether oxygens (including phenoxy) is 2. The summed E-state index contributed by atoms with van der Waals surface area (Å²) < 4.78 is 11.1. The van der Waals surface area contributed by atoms with Gasteiger partial charge in [-0.1, -0.05) is 6.07 Å². The van der Waals surface area contributed by atoms with Gasteiger partial charge in [0.15, 0.2) is 0 Å². The summed E-state index contributed by atoms with van der Waals surface area (Å²) in [5, 5.41) is 9.89. The largest absolute Gasteiger partial charge is 0.491 e. The molecule has 0 saturated carbocycles. The van der Waals surface area contributed by atoms with Crippen LogP contribution in [0.3, 0.4) is 0 Å². The Morgan fingerprint density at radius 2 is 1.43 bits per heavy atom. The van der Waals surface area contributed by atoms with Gasteiger partial charge in [0.1, 0.15) is 30.8 Å². The standard InChI is InChI=1S/C17H21NO3/c1-12-7-13(2)9-17(8-12)21-11-15(19)10-20-16-5-3-14(18)4-6-16/h3-9,15,19H,10-11,18H2,1-2H3. The summed E-state index contributed by atoms with van der Waals surface area (Å²) in [4.78, 5) is 0. The lowest BCUT2D eigenvalue weighted by atomic mass is 10.1. The highest BCUT2D eigenvalue weighted by Gasteiger charge is 2.07. The SMILES string of the molecule is Cc1cc(C)cc(OCC(O)COc2ccc(N)cc2)c1. The zero-order valence-electron chi connectivity index (χ0n) is 12.4. The minimum absolute atomic E-state index is 0.175. The van der Waals surface area contributed by atoms with Gasteiger partial charge in [-0.25, -0.2) is 0 Å². The molecule has 0 saturated heterocycles. The van der Waals surface area contributed by atoms with Crippen molar-refractivity contribution in [3.63, 3.8) is 0 Å². The summed E-state index contributed by atoms with van der Waals surface area (Å²) in [6.45, 7) is 4.40. The monoisotopic (exact) mass is 287 g/mol. The number of rotatable bonds is 6. The van der Waals surface area contributed by atoms with Crippen LogP contribution in [0.15, 0.2) is 42.5 Å². The lowest BCUT2D eigenvalue weighted by Crippen LogP contribution is -2.25. The van der Waals surface area contributed by atoms with Gasteiger partial charge >= 0.3 is 0 Å². The van der Waals surface area contributed by atoms with Crippen molar-refractivity contribution in [1.82, 2.24) is 0 Å². The third-order valence-electron chi connectivity index (χ3n) is 2.96. The first kappa shape index (κ1) is 15.2. The number of anilines is 1. The number of nitrogen functional groups attached to an aromatic ring is 1. The molecule has 0 aliphatic heterocycles. The summed E-state index contributed by atoms with van der Waals surface area (Å²) in [5.74, 6) is 1.44. The fourth-order valence-corrected chi connectivity index (χ4v) is 2.01. The van der Waals surface area contributed by atoms with E-state index in [0.717, 1.165) is 16.9 Å². The number of hydrogen-bond donors (Lipinski definition) is 2.